The molecule has 6 nitrogen and oxygen atoms in total. The predicted octanol–water partition coefficient (Wildman–Crippen LogP) is 2.63. The van der Waals surface area contributed by atoms with Crippen LogP contribution < -0.4 is 9.64 Å². The van der Waals surface area contributed by atoms with Crippen LogP contribution >= 0.6 is 0 Å². The molecule has 3 rings (SSSR count). The highest BCUT2D eigenvalue weighted by molar-refractivity contribution is 5.38. The van der Waals surface area contributed by atoms with Gasteiger partial charge >= 0.3 is 0 Å². The largest absolute Gasteiger partial charge is 0.475 e. The maximum absolute atomic E-state index is 5.63. The van der Waals surface area contributed by atoms with E-state index in [4.69, 9.17) is 9.47 Å². The number of aromatic nitrogens is 3. The number of hydrogen-bond acceptors (Lipinski definition) is 6. The molecular formula is C17H22N4O2. The molecule has 0 N–H and O–H groups in total. The summed E-state index contributed by atoms with van der Waals surface area (Å²) >= 11 is 0. The van der Waals surface area contributed by atoms with Gasteiger partial charge < -0.3 is 14.4 Å². The number of nitrogens with zero attached hydrogens (tertiary/aromatic N) is 4. The van der Waals surface area contributed by atoms with E-state index in [0.29, 0.717) is 31.6 Å². The molecule has 3 heterocycles. The predicted molar refractivity (Wildman–Crippen MR) is 87.6 cm³/mol. The topological polar surface area (TPSA) is 60.4 Å². The maximum atomic E-state index is 5.63. The van der Waals surface area contributed by atoms with E-state index in [-0.39, 0.29) is 6.04 Å². The highest BCUT2D eigenvalue weighted by atomic mass is 16.5. The zero-order valence-electron chi connectivity index (χ0n) is 13.4. The molecule has 2 aromatic heterocycles. The maximum Gasteiger partial charge on any atom is 0.229 e. The van der Waals surface area contributed by atoms with Gasteiger partial charge in [-0.25, -0.2) is 4.98 Å². The molecule has 0 amide bonds. The van der Waals surface area contributed by atoms with Crippen molar-refractivity contribution in [1.29, 1.82) is 0 Å². The SMILES string of the molecule is CCOCCOc1ccnc(N2CCCC2c2cccnc2)n1. The molecule has 6 heteroatoms. The van der Waals surface area contributed by atoms with Crippen LogP contribution in [0.5, 0.6) is 5.88 Å². The second kappa shape index (κ2) is 7.87. The molecule has 0 spiro atoms. The van der Waals surface area contributed by atoms with Crippen LogP contribution in [-0.2, 0) is 4.74 Å². The van der Waals surface area contributed by atoms with E-state index < -0.39 is 0 Å². The minimum Gasteiger partial charge on any atom is -0.475 e. The van der Waals surface area contributed by atoms with Crippen molar-refractivity contribution in [1.82, 2.24) is 15.0 Å². The van der Waals surface area contributed by atoms with E-state index >= 15 is 0 Å². The molecule has 0 aliphatic carbocycles. The van der Waals surface area contributed by atoms with Crippen LogP contribution in [0.15, 0.2) is 36.8 Å². The van der Waals surface area contributed by atoms with E-state index in [0.717, 1.165) is 19.4 Å². The second-order valence-electron chi connectivity index (χ2n) is 5.38. The van der Waals surface area contributed by atoms with Crippen LogP contribution in [0.25, 0.3) is 0 Å². The molecule has 0 radical (unpaired) electrons. The van der Waals surface area contributed by atoms with Crippen LogP contribution in [0, 0.1) is 0 Å². The summed E-state index contributed by atoms with van der Waals surface area (Å²) in [6.45, 7) is 4.67. The molecule has 1 saturated heterocycles. The van der Waals surface area contributed by atoms with Crippen LogP contribution in [0.3, 0.4) is 0 Å². The lowest BCUT2D eigenvalue weighted by atomic mass is 10.1. The molecule has 0 bridgehead atoms. The first-order valence-electron chi connectivity index (χ1n) is 8.08. The zero-order chi connectivity index (χ0) is 15.9. The summed E-state index contributed by atoms with van der Waals surface area (Å²) in [6, 6.07) is 6.14. The Morgan fingerprint density at radius 1 is 1.26 bits per heavy atom. The van der Waals surface area contributed by atoms with E-state index in [1.807, 2.05) is 19.2 Å². The van der Waals surface area contributed by atoms with E-state index in [9.17, 15) is 0 Å². The number of anilines is 1. The third-order valence-electron chi connectivity index (χ3n) is 3.88. The molecule has 1 atom stereocenters. The Morgan fingerprint density at radius 3 is 3.04 bits per heavy atom. The highest BCUT2D eigenvalue weighted by Crippen LogP contribution is 2.34. The minimum absolute atomic E-state index is 0.280. The van der Waals surface area contributed by atoms with Crippen LogP contribution in [0.1, 0.15) is 31.4 Å². The van der Waals surface area contributed by atoms with Gasteiger partial charge in [-0.05, 0) is 31.4 Å². The molecule has 1 aliphatic rings. The fourth-order valence-corrected chi connectivity index (χ4v) is 2.83. The summed E-state index contributed by atoms with van der Waals surface area (Å²) in [7, 11) is 0. The average molecular weight is 314 g/mol. The van der Waals surface area contributed by atoms with Crippen molar-refractivity contribution in [3.05, 3.63) is 42.4 Å². The van der Waals surface area contributed by atoms with Gasteiger partial charge in [0.05, 0.1) is 12.6 Å². The Balaban J connectivity index is 1.70. The van der Waals surface area contributed by atoms with Crippen molar-refractivity contribution in [3.8, 4) is 5.88 Å². The number of pyridine rings is 1. The number of ether oxygens (including phenoxy) is 2. The smallest absolute Gasteiger partial charge is 0.229 e. The Morgan fingerprint density at radius 2 is 2.22 bits per heavy atom. The Hall–Kier alpha value is -2.21. The van der Waals surface area contributed by atoms with Gasteiger partial charge in [-0.1, -0.05) is 6.07 Å². The van der Waals surface area contributed by atoms with Crippen molar-refractivity contribution < 1.29 is 9.47 Å². The molecule has 122 valence electrons. The number of hydrogen-bond donors (Lipinski definition) is 0. The van der Waals surface area contributed by atoms with Gasteiger partial charge in [0, 0.05) is 37.8 Å². The third kappa shape index (κ3) is 3.96. The fraction of sp³-hybridized carbons (Fsp3) is 0.471. The summed E-state index contributed by atoms with van der Waals surface area (Å²) in [5, 5.41) is 0. The van der Waals surface area contributed by atoms with E-state index in [1.165, 1.54) is 5.56 Å². The number of rotatable bonds is 7. The molecule has 0 aromatic carbocycles. The van der Waals surface area contributed by atoms with Gasteiger partial charge in [0.25, 0.3) is 0 Å². The second-order valence-corrected chi connectivity index (χ2v) is 5.38. The lowest BCUT2D eigenvalue weighted by Crippen LogP contribution is -2.24. The summed E-state index contributed by atoms with van der Waals surface area (Å²) in [4.78, 5) is 15.4. The lowest BCUT2D eigenvalue weighted by molar-refractivity contribution is 0.108. The lowest BCUT2D eigenvalue weighted by Gasteiger charge is -2.24. The van der Waals surface area contributed by atoms with Crippen molar-refractivity contribution in [2.75, 3.05) is 31.3 Å². The van der Waals surface area contributed by atoms with Crippen LogP contribution in [-0.4, -0.2) is 41.3 Å². The van der Waals surface area contributed by atoms with Crippen LogP contribution in [0.2, 0.25) is 0 Å². The molecule has 23 heavy (non-hydrogen) atoms. The molecule has 2 aromatic rings. The quantitative estimate of drug-likeness (QED) is 0.732. The fourth-order valence-electron chi connectivity index (χ4n) is 2.83. The summed E-state index contributed by atoms with van der Waals surface area (Å²) in [5.74, 6) is 1.30. The first kappa shape index (κ1) is 15.7. The van der Waals surface area contributed by atoms with E-state index in [2.05, 4.69) is 25.9 Å². The van der Waals surface area contributed by atoms with E-state index in [1.54, 1.807) is 18.5 Å². The summed E-state index contributed by atoms with van der Waals surface area (Å²) in [6.07, 6.45) is 7.68. The van der Waals surface area contributed by atoms with Gasteiger partial charge in [0.2, 0.25) is 11.8 Å². The minimum atomic E-state index is 0.280. The Bertz CT molecular complexity index is 609. The Kier molecular flexibility index (Phi) is 5.37. The first-order chi connectivity index (χ1) is 11.4. The molecule has 1 fully saturated rings. The molecule has 0 saturated carbocycles. The normalized spacial score (nSPS) is 17.4. The van der Waals surface area contributed by atoms with Crippen molar-refractivity contribution >= 4 is 5.95 Å². The zero-order valence-corrected chi connectivity index (χ0v) is 13.4. The standard InChI is InChI=1S/C17H22N4O2/c1-2-22-11-12-23-16-7-9-19-17(20-16)21-10-4-6-15(21)14-5-3-8-18-13-14/h3,5,7-9,13,15H,2,4,6,10-12H2,1H3. The monoisotopic (exact) mass is 314 g/mol. The van der Waals surface area contributed by atoms with Gasteiger partial charge in [0.1, 0.15) is 6.61 Å². The van der Waals surface area contributed by atoms with Gasteiger partial charge in [-0.15, -0.1) is 0 Å². The highest BCUT2D eigenvalue weighted by Gasteiger charge is 2.28. The summed E-state index contributed by atoms with van der Waals surface area (Å²) < 4.78 is 10.9. The van der Waals surface area contributed by atoms with Gasteiger partial charge in [0.15, 0.2) is 0 Å². The Labute approximate surface area is 136 Å². The van der Waals surface area contributed by atoms with Crippen molar-refractivity contribution in [3.63, 3.8) is 0 Å². The molecular weight excluding hydrogens is 292 g/mol. The van der Waals surface area contributed by atoms with Gasteiger partial charge in [-0.2, -0.15) is 4.98 Å². The molecule has 1 aliphatic heterocycles. The van der Waals surface area contributed by atoms with Crippen molar-refractivity contribution in [2.45, 2.75) is 25.8 Å². The average Bonchev–Trinajstić information content (AvgIpc) is 3.10. The molecule has 1 unspecified atom stereocenters. The van der Waals surface area contributed by atoms with Crippen LogP contribution in [0.4, 0.5) is 5.95 Å². The third-order valence-corrected chi connectivity index (χ3v) is 3.88. The summed E-state index contributed by atoms with van der Waals surface area (Å²) in [5.41, 5.74) is 1.20. The van der Waals surface area contributed by atoms with Crippen molar-refractivity contribution in [2.24, 2.45) is 0 Å². The van der Waals surface area contributed by atoms with Gasteiger partial charge in [-0.3, -0.25) is 4.98 Å². The first-order valence-corrected chi connectivity index (χ1v) is 8.08.